The van der Waals surface area contributed by atoms with Crippen LogP contribution in [0.3, 0.4) is 0 Å². The standard InChI is InChI=1S/C14H25BrN4/c1-11-14(15)13(18(4)16-11)10-19-7-5-12(6-8-19)9-17(2)3/h12H,5-10H2,1-4H3. The van der Waals surface area contributed by atoms with E-state index < -0.39 is 0 Å². The van der Waals surface area contributed by atoms with E-state index in [0.717, 1.165) is 18.2 Å². The molecule has 0 spiro atoms. The fraction of sp³-hybridized carbons (Fsp3) is 0.786. The van der Waals surface area contributed by atoms with Crippen LogP contribution in [0.25, 0.3) is 0 Å². The van der Waals surface area contributed by atoms with Gasteiger partial charge in [0.25, 0.3) is 0 Å². The van der Waals surface area contributed by atoms with E-state index in [1.54, 1.807) is 0 Å². The lowest BCUT2D eigenvalue weighted by Crippen LogP contribution is -2.37. The molecule has 2 rings (SSSR count). The highest BCUT2D eigenvalue weighted by molar-refractivity contribution is 9.10. The summed E-state index contributed by atoms with van der Waals surface area (Å²) in [5.41, 5.74) is 2.38. The van der Waals surface area contributed by atoms with Gasteiger partial charge in [0.1, 0.15) is 0 Å². The Morgan fingerprint density at radius 2 is 1.95 bits per heavy atom. The van der Waals surface area contributed by atoms with Gasteiger partial charge < -0.3 is 4.90 Å². The van der Waals surface area contributed by atoms with E-state index >= 15 is 0 Å². The number of piperidine rings is 1. The van der Waals surface area contributed by atoms with Gasteiger partial charge in [-0.1, -0.05) is 0 Å². The quantitative estimate of drug-likeness (QED) is 0.847. The maximum Gasteiger partial charge on any atom is 0.0739 e. The highest BCUT2D eigenvalue weighted by Gasteiger charge is 2.21. The number of halogens is 1. The first-order valence-corrected chi connectivity index (χ1v) is 7.81. The van der Waals surface area contributed by atoms with Crippen LogP contribution in [0.4, 0.5) is 0 Å². The zero-order chi connectivity index (χ0) is 14.0. The zero-order valence-electron chi connectivity index (χ0n) is 12.5. The summed E-state index contributed by atoms with van der Waals surface area (Å²) in [6, 6.07) is 0. The molecule has 0 unspecified atom stereocenters. The Labute approximate surface area is 124 Å². The van der Waals surface area contributed by atoms with Gasteiger partial charge in [-0.2, -0.15) is 5.10 Å². The third-order valence-electron chi connectivity index (χ3n) is 3.97. The molecule has 0 aromatic carbocycles. The van der Waals surface area contributed by atoms with Crippen molar-refractivity contribution in [3.8, 4) is 0 Å². The minimum Gasteiger partial charge on any atom is -0.309 e. The molecular formula is C14H25BrN4. The molecule has 1 fully saturated rings. The summed E-state index contributed by atoms with van der Waals surface area (Å²) in [5, 5.41) is 4.47. The highest BCUT2D eigenvalue weighted by atomic mass is 79.9. The van der Waals surface area contributed by atoms with Gasteiger partial charge in [-0.25, -0.2) is 0 Å². The number of hydrogen-bond acceptors (Lipinski definition) is 3. The summed E-state index contributed by atoms with van der Waals surface area (Å²) in [5.74, 6) is 0.864. The summed E-state index contributed by atoms with van der Waals surface area (Å²) in [6.07, 6.45) is 2.62. The number of hydrogen-bond donors (Lipinski definition) is 0. The van der Waals surface area contributed by atoms with Gasteiger partial charge in [-0.15, -0.1) is 0 Å². The van der Waals surface area contributed by atoms with Crippen LogP contribution in [-0.2, 0) is 13.6 Å². The third-order valence-corrected chi connectivity index (χ3v) is 5.00. The maximum absolute atomic E-state index is 4.47. The Morgan fingerprint density at radius 3 is 2.42 bits per heavy atom. The monoisotopic (exact) mass is 328 g/mol. The molecule has 108 valence electrons. The number of nitrogens with zero attached hydrogens (tertiary/aromatic N) is 4. The first kappa shape index (κ1) is 15.0. The van der Waals surface area contributed by atoms with E-state index in [2.05, 4.69) is 51.8 Å². The molecule has 0 amide bonds. The summed E-state index contributed by atoms with van der Waals surface area (Å²) in [4.78, 5) is 4.86. The molecule has 0 bridgehead atoms. The van der Waals surface area contributed by atoms with E-state index in [-0.39, 0.29) is 0 Å². The topological polar surface area (TPSA) is 24.3 Å². The van der Waals surface area contributed by atoms with Crippen molar-refractivity contribution in [2.24, 2.45) is 13.0 Å². The lowest BCUT2D eigenvalue weighted by atomic mass is 9.96. The zero-order valence-corrected chi connectivity index (χ0v) is 14.1. The van der Waals surface area contributed by atoms with Crippen molar-refractivity contribution in [3.63, 3.8) is 0 Å². The predicted molar refractivity (Wildman–Crippen MR) is 82.2 cm³/mol. The Bertz CT molecular complexity index is 419. The molecule has 0 N–H and O–H groups in total. The molecule has 0 atom stereocenters. The second kappa shape index (κ2) is 6.37. The molecule has 0 radical (unpaired) electrons. The summed E-state index contributed by atoms with van der Waals surface area (Å²) >= 11 is 3.66. The minimum absolute atomic E-state index is 0.864. The Kier molecular flexibility index (Phi) is 5.03. The fourth-order valence-electron chi connectivity index (χ4n) is 2.91. The molecule has 1 aliphatic rings. The third kappa shape index (κ3) is 3.80. The molecule has 0 aliphatic carbocycles. The van der Waals surface area contributed by atoms with Crippen molar-refractivity contribution < 1.29 is 0 Å². The minimum atomic E-state index is 0.864. The van der Waals surface area contributed by atoms with Gasteiger partial charge in [-0.3, -0.25) is 9.58 Å². The number of rotatable bonds is 4. The van der Waals surface area contributed by atoms with Crippen molar-refractivity contribution in [1.29, 1.82) is 0 Å². The van der Waals surface area contributed by atoms with E-state index in [0.29, 0.717) is 0 Å². The van der Waals surface area contributed by atoms with Crippen LogP contribution in [0.1, 0.15) is 24.2 Å². The van der Waals surface area contributed by atoms with Crippen LogP contribution in [-0.4, -0.2) is 53.3 Å². The summed E-state index contributed by atoms with van der Waals surface area (Å²) in [6.45, 7) is 6.69. The first-order chi connectivity index (χ1) is 8.97. The van der Waals surface area contributed by atoms with Gasteiger partial charge in [0.15, 0.2) is 0 Å². The van der Waals surface area contributed by atoms with Crippen LogP contribution in [0.15, 0.2) is 4.47 Å². The first-order valence-electron chi connectivity index (χ1n) is 7.02. The van der Waals surface area contributed by atoms with Crippen molar-refractivity contribution >= 4 is 15.9 Å². The SMILES string of the molecule is Cc1nn(C)c(CN2CCC(CN(C)C)CC2)c1Br. The lowest BCUT2D eigenvalue weighted by Gasteiger charge is -2.33. The van der Waals surface area contributed by atoms with Crippen molar-refractivity contribution in [1.82, 2.24) is 19.6 Å². The van der Waals surface area contributed by atoms with E-state index in [1.807, 2.05) is 11.7 Å². The van der Waals surface area contributed by atoms with Gasteiger partial charge in [0.2, 0.25) is 0 Å². The number of aromatic nitrogens is 2. The van der Waals surface area contributed by atoms with Crippen molar-refractivity contribution in [2.75, 3.05) is 33.7 Å². The molecule has 0 saturated carbocycles. The maximum atomic E-state index is 4.47. The predicted octanol–water partition coefficient (Wildman–Crippen LogP) is 2.26. The Balaban J connectivity index is 1.89. The Morgan fingerprint density at radius 1 is 1.32 bits per heavy atom. The lowest BCUT2D eigenvalue weighted by molar-refractivity contribution is 0.154. The fourth-order valence-corrected chi connectivity index (χ4v) is 3.37. The Hall–Kier alpha value is -0.390. The molecule has 1 saturated heterocycles. The number of aryl methyl sites for hydroxylation is 2. The largest absolute Gasteiger partial charge is 0.309 e. The van der Waals surface area contributed by atoms with Crippen LogP contribution < -0.4 is 0 Å². The summed E-state index contributed by atoms with van der Waals surface area (Å²) in [7, 11) is 6.37. The molecular weight excluding hydrogens is 304 g/mol. The molecule has 5 heteroatoms. The highest BCUT2D eigenvalue weighted by Crippen LogP contribution is 2.24. The van der Waals surface area contributed by atoms with Gasteiger partial charge >= 0.3 is 0 Å². The number of likely N-dealkylation sites (tertiary alicyclic amines) is 1. The normalized spacial score (nSPS) is 18.4. The smallest absolute Gasteiger partial charge is 0.0739 e. The van der Waals surface area contributed by atoms with E-state index in [1.165, 1.54) is 42.6 Å². The molecule has 19 heavy (non-hydrogen) atoms. The molecule has 2 heterocycles. The van der Waals surface area contributed by atoms with Crippen LogP contribution in [0.5, 0.6) is 0 Å². The van der Waals surface area contributed by atoms with Gasteiger partial charge in [0.05, 0.1) is 15.9 Å². The van der Waals surface area contributed by atoms with E-state index in [4.69, 9.17) is 0 Å². The van der Waals surface area contributed by atoms with Crippen molar-refractivity contribution in [3.05, 3.63) is 15.9 Å². The summed E-state index contributed by atoms with van der Waals surface area (Å²) < 4.78 is 3.18. The van der Waals surface area contributed by atoms with Crippen LogP contribution >= 0.6 is 15.9 Å². The van der Waals surface area contributed by atoms with Gasteiger partial charge in [0, 0.05) is 20.1 Å². The second-order valence-electron chi connectivity index (χ2n) is 5.95. The van der Waals surface area contributed by atoms with E-state index in [9.17, 15) is 0 Å². The molecule has 4 nitrogen and oxygen atoms in total. The van der Waals surface area contributed by atoms with Gasteiger partial charge in [-0.05, 0) is 68.8 Å². The average Bonchev–Trinajstić information content (AvgIpc) is 2.58. The second-order valence-corrected chi connectivity index (χ2v) is 6.74. The van der Waals surface area contributed by atoms with Crippen molar-refractivity contribution in [2.45, 2.75) is 26.3 Å². The molecule has 1 aromatic rings. The molecule has 1 aliphatic heterocycles. The molecule has 1 aromatic heterocycles. The average molecular weight is 329 g/mol. The van der Waals surface area contributed by atoms with Crippen LogP contribution in [0, 0.1) is 12.8 Å². The van der Waals surface area contributed by atoms with Crippen LogP contribution in [0.2, 0.25) is 0 Å².